The predicted octanol–water partition coefficient (Wildman–Crippen LogP) is 3.45. The molecule has 1 aromatic carbocycles. The summed E-state index contributed by atoms with van der Waals surface area (Å²) in [5.41, 5.74) is 0.755. The van der Waals surface area contributed by atoms with E-state index in [1.54, 1.807) is 12.3 Å². The van der Waals surface area contributed by atoms with Crippen molar-refractivity contribution in [2.75, 3.05) is 0 Å². The molecule has 1 aliphatic rings. The highest BCUT2D eigenvalue weighted by Crippen LogP contribution is 2.30. The van der Waals surface area contributed by atoms with Gasteiger partial charge >= 0.3 is 5.97 Å². The normalized spacial score (nSPS) is 19.4. The number of aromatic amines is 1. The van der Waals surface area contributed by atoms with Crippen LogP contribution >= 0.6 is 0 Å². The van der Waals surface area contributed by atoms with Gasteiger partial charge in [0.1, 0.15) is 17.7 Å². The molecule has 7 heteroatoms. The zero-order valence-corrected chi connectivity index (χ0v) is 16.0. The molecule has 0 saturated heterocycles. The fraction of sp³-hybridized carbons (Fsp3) is 0.364. The molecule has 29 heavy (non-hydrogen) atoms. The summed E-state index contributed by atoms with van der Waals surface area (Å²) in [5, 5.41) is 1.42. The number of carbonyl (C=O) groups is 2. The molecular weight excluding hydrogens is 375 g/mol. The lowest BCUT2D eigenvalue weighted by Crippen LogP contribution is -2.28. The smallest absolute Gasteiger partial charge is 0.302 e. The molecule has 2 heterocycles. The first-order chi connectivity index (χ1) is 13.9. The highest BCUT2D eigenvalue weighted by molar-refractivity contribution is 6.07. The number of esters is 1. The van der Waals surface area contributed by atoms with E-state index in [-0.39, 0.29) is 35.8 Å². The van der Waals surface area contributed by atoms with Crippen LogP contribution in [-0.2, 0) is 20.7 Å². The average molecular weight is 396 g/mol. The lowest BCUT2D eigenvalue weighted by Gasteiger charge is -2.27. The van der Waals surface area contributed by atoms with Gasteiger partial charge in [0.05, 0.1) is 11.2 Å². The summed E-state index contributed by atoms with van der Waals surface area (Å²) in [7, 11) is 0. The minimum absolute atomic E-state index is 0.0574. The van der Waals surface area contributed by atoms with Gasteiger partial charge in [-0.1, -0.05) is 0 Å². The maximum Gasteiger partial charge on any atom is 0.302 e. The van der Waals surface area contributed by atoms with Gasteiger partial charge in [-0.15, -0.1) is 0 Å². The number of pyridine rings is 2. The van der Waals surface area contributed by atoms with E-state index in [4.69, 9.17) is 4.74 Å². The first-order valence-corrected chi connectivity index (χ1v) is 9.71. The van der Waals surface area contributed by atoms with Gasteiger partial charge in [-0.2, -0.15) is 0 Å². The topological polar surface area (TPSA) is 89.1 Å². The van der Waals surface area contributed by atoms with E-state index in [0.29, 0.717) is 53.1 Å². The highest BCUT2D eigenvalue weighted by Gasteiger charge is 2.28. The zero-order chi connectivity index (χ0) is 20.5. The molecule has 0 unspecified atom stereocenters. The second kappa shape index (κ2) is 7.73. The molecule has 1 saturated carbocycles. The van der Waals surface area contributed by atoms with E-state index in [2.05, 4.69) is 9.97 Å². The second-order valence-electron chi connectivity index (χ2n) is 7.55. The van der Waals surface area contributed by atoms with Crippen molar-refractivity contribution < 1.29 is 18.7 Å². The molecular formula is C22H21FN2O4. The Kier molecular flexibility index (Phi) is 5.13. The number of ether oxygens (including phenoxy) is 1. The molecule has 1 fully saturated rings. The monoisotopic (exact) mass is 396 g/mol. The number of fused-ring (bicyclic) bond motifs is 3. The van der Waals surface area contributed by atoms with Crippen LogP contribution in [0.1, 0.15) is 38.3 Å². The number of nitrogens with one attached hydrogen (secondary N) is 1. The summed E-state index contributed by atoms with van der Waals surface area (Å²) in [6, 6.07) is 5.65. The lowest BCUT2D eigenvalue weighted by atomic mass is 9.83. The summed E-state index contributed by atoms with van der Waals surface area (Å²) in [5.74, 6) is -0.811. The van der Waals surface area contributed by atoms with Crippen LogP contribution in [-0.4, -0.2) is 27.8 Å². The van der Waals surface area contributed by atoms with Crippen LogP contribution in [0.2, 0.25) is 0 Å². The van der Waals surface area contributed by atoms with E-state index in [1.165, 1.54) is 25.1 Å². The molecule has 1 aliphatic carbocycles. The fourth-order valence-electron chi connectivity index (χ4n) is 4.20. The highest BCUT2D eigenvalue weighted by atomic mass is 19.1. The predicted molar refractivity (Wildman–Crippen MR) is 106 cm³/mol. The number of rotatable bonds is 4. The Morgan fingerprint density at radius 1 is 1.17 bits per heavy atom. The van der Waals surface area contributed by atoms with Crippen molar-refractivity contribution >= 4 is 33.4 Å². The van der Waals surface area contributed by atoms with Gasteiger partial charge in [0.2, 0.25) is 0 Å². The minimum Gasteiger partial charge on any atom is -0.463 e. The first kappa shape index (κ1) is 19.2. The molecule has 3 aromatic rings. The zero-order valence-electron chi connectivity index (χ0n) is 16.0. The summed E-state index contributed by atoms with van der Waals surface area (Å²) in [6.07, 6.45) is 4.19. The molecule has 0 spiro atoms. The lowest BCUT2D eigenvalue weighted by molar-refractivity contribution is -0.148. The first-order valence-electron chi connectivity index (χ1n) is 9.71. The van der Waals surface area contributed by atoms with Crippen molar-refractivity contribution in [3.63, 3.8) is 0 Å². The number of Topliss-reactive ketones (excluding diaryl/α,β-unsaturated/α-hetero) is 1. The summed E-state index contributed by atoms with van der Waals surface area (Å²) >= 11 is 0. The van der Waals surface area contributed by atoms with Gasteiger partial charge in [-0.3, -0.25) is 19.4 Å². The number of hydrogen-bond donors (Lipinski definition) is 1. The van der Waals surface area contributed by atoms with Gasteiger partial charge in [-0.05, 0) is 49.9 Å². The van der Waals surface area contributed by atoms with Crippen LogP contribution in [0.4, 0.5) is 4.39 Å². The van der Waals surface area contributed by atoms with E-state index in [9.17, 15) is 18.8 Å². The van der Waals surface area contributed by atoms with Crippen LogP contribution in [0.25, 0.3) is 21.7 Å². The van der Waals surface area contributed by atoms with Crippen molar-refractivity contribution in [1.29, 1.82) is 0 Å². The van der Waals surface area contributed by atoms with Gasteiger partial charge < -0.3 is 9.72 Å². The summed E-state index contributed by atoms with van der Waals surface area (Å²) in [6.45, 7) is 1.39. The largest absolute Gasteiger partial charge is 0.463 e. The van der Waals surface area contributed by atoms with Crippen molar-refractivity contribution in [2.45, 2.75) is 45.1 Å². The number of H-pyrrole nitrogens is 1. The molecule has 4 rings (SSSR count). The fourth-order valence-corrected chi connectivity index (χ4v) is 4.20. The minimum atomic E-state index is -0.450. The molecule has 0 bridgehead atoms. The number of hydrogen-bond acceptors (Lipinski definition) is 5. The maximum atomic E-state index is 13.9. The number of halogens is 1. The Morgan fingerprint density at radius 3 is 2.66 bits per heavy atom. The Hall–Kier alpha value is -3.09. The second-order valence-corrected chi connectivity index (χ2v) is 7.55. The summed E-state index contributed by atoms with van der Waals surface area (Å²) < 4.78 is 19.1. The van der Waals surface area contributed by atoms with E-state index >= 15 is 0 Å². The van der Waals surface area contributed by atoms with E-state index in [1.807, 2.05) is 0 Å². The van der Waals surface area contributed by atoms with Crippen molar-refractivity contribution in [1.82, 2.24) is 9.97 Å². The number of benzene rings is 1. The molecule has 0 aliphatic heterocycles. The van der Waals surface area contributed by atoms with Gasteiger partial charge in [0, 0.05) is 41.6 Å². The van der Waals surface area contributed by atoms with E-state index in [0.717, 1.165) is 0 Å². The van der Waals surface area contributed by atoms with Gasteiger partial charge in [0.15, 0.2) is 0 Å². The molecule has 1 N–H and O–H groups in total. The Balaban J connectivity index is 1.63. The molecule has 2 aromatic heterocycles. The maximum absolute atomic E-state index is 13.9. The molecule has 0 radical (unpaired) electrons. The van der Waals surface area contributed by atoms with Crippen LogP contribution < -0.4 is 5.56 Å². The number of nitrogens with zero attached hydrogens (tertiary/aromatic N) is 1. The van der Waals surface area contributed by atoms with Crippen LogP contribution in [0.3, 0.4) is 0 Å². The standard InChI is InChI=1S/C22H21FN2O4/c1-12(26)29-15-5-2-13(3-6-15)20(27)11-19-21-17-10-14(23)4-7-16(17)22(28)25-18(21)8-9-24-19/h4,7-10,13,15H,2-3,5-6,11H2,1H3,(H,25,28). The van der Waals surface area contributed by atoms with Crippen molar-refractivity contribution in [2.24, 2.45) is 5.92 Å². The Labute approximate surface area is 166 Å². The van der Waals surface area contributed by atoms with Crippen LogP contribution in [0, 0.1) is 11.7 Å². The molecule has 0 atom stereocenters. The van der Waals surface area contributed by atoms with Gasteiger partial charge in [-0.25, -0.2) is 4.39 Å². The quantitative estimate of drug-likeness (QED) is 0.539. The number of aromatic nitrogens is 2. The SMILES string of the molecule is CC(=O)OC1CCC(C(=O)Cc2nccc3[nH]c(=O)c4ccc(F)cc4c23)CC1. The molecule has 150 valence electrons. The third-order valence-electron chi connectivity index (χ3n) is 5.58. The van der Waals surface area contributed by atoms with Crippen LogP contribution in [0.5, 0.6) is 0 Å². The molecule has 0 amide bonds. The third-order valence-corrected chi connectivity index (χ3v) is 5.58. The van der Waals surface area contributed by atoms with Gasteiger partial charge in [0.25, 0.3) is 5.56 Å². The third kappa shape index (κ3) is 3.90. The van der Waals surface area contributed by atoms with Crippen LogP contribution in [0.15, 0.2) is 35.3 Å². The van der Waals surface area contributed by atoms with Crippen molar-refractivity contribution in [3.05, 3.63) is 52.3 Å². The van der Waals surface area contributed by atoms with E-state index < -0.39 is 5.82 Å². The molecule has 6 nitrogen and oxygen atoms in total. The number of carbonyl (C=O) groups excluding carboxylic acids is 2. The Morgan fingerprint density at radius 2 is 1.93 bits per heavy atom. The number of ketones is 1. The summed E-state index contributed by atoms with van der Waals surface area (Å²) in [4.78, 5) is 43.5. The van der Waals surface area contributed by atoms with Crippen molar-refractivity contribution in [3.8, 4) is 0 Å². The Bertz CT molecular complexity index is 1160. The average Bonchev–Trinajstić information content (AvgIpc) is 2.68.